The van der Waals surface area contributed by atoms with Crippen LogP contribution in [0.25, 0.3) is 0 Å². The highest BCUT2D eigenvalue weighted by Gasteiger charge is 2.23. The predicted molar refractivity (Wildman–Crippen MR) is 56.6 cm³/mol. The molecule has 0 aliphatic rings. The van der Waals surface area contributed by atoms with Crippen molar-refractivity contribution in [2.24, 2.45) is 0 Å². The average molecular weight is 266 g/mol. The number of halogens is 3. The molecular weight excluding hydrogens is 256 g/mol. The Morgan fingerprint density at radius 3 is 2.71 bits per heavy atom. The zero-order valence-corrected chi connectivity index (χ0v) is 9.67. The normalized spacial score (nSPS) is 10.6. The standard InChI is InChI=1S/C10H10ClF2NO3/c1-17-9-6(2-7(15)16)14-4-5(3-11)8(9)10(12)13/h4,10H,2-3H2,1H3,(H,15,16). The summed E-state index contributed by atoms with van der Waals surface area (Å²) in [5, 5.41) is 8.63. The summed E-state index contributed by atoms with van der Waals surface area (Å²) in [7, 11) is 1.19. The summed E-state index contributed by atoms with van der Waals surface area (Å²) in [5.41, 5.74) is -0.300. The molecule has 94 valence electrons. The number of carbonyl (C=O) groups is 1. The summed E-state index contributed by atoms with van der Waals surface area (Å²) in [5.74, 6) is -1.52. The maximum Gasteiger partial charge on any atom is 0.309 e. The predicted octanol–water partition coefficient (Wildman–Crippen LogP) is 2.39. The summed E-state index contributed by atoms with van der Waals surface area (Å²) in [4.78, 5) is 14.3. The van der Waals surface area contributed by atoms with Gasteiger partial charge in [0.1, 0.15) is 5.75 Å². The molecule has 0 aromatic carbocycles. The lowest BCUT2D eigenvalue weighted by Crippen LogP contribution is -2.09. The van der Waals surface area contributed by atoms with Crippen LogP contribution in [0.2, 0.25) is 0 Å². The highest BCUT2D eigenvalue weighted by Crippen LogP contribution is 2.34. The summed E-state index contributed by atoms with van der Waals surface area (Å²) >= 11 is 5.52. The minimum absolute atomic E-state index is 0.0378. The lowest BCUT2D eigenvalue weighted by molar-refractivity contribution is -0.136. The van der Waals surface area contributed by atoms with E-state index in [1.54, 1.807) is 0 Å². The van der Waals surface area contributed by atoms with Crippen molar-refractivity contribution in [3.05, 3.63) is 23.0 Å². The van der Waals surface area contributed by atoms with Gasteiger partial charge in [-0.3, -0.25) is 9.78 Å². The maximum atomic E-state index is 12.9. The van der Waals surface area contributed by atoms with Crippen LogP contribution >= 0.6 is 11.6 Å². The molecule has 1 heterocycles. The van der Waals surface area contributed by atoms with Crippen molar-refractivity contribution in [3.8, 4) is 5.75 Å². The number of alkyl halides is 3. The smallest absolute Gasteiger partial charge is 0.309 e. The van der Waals surface area contributed by atoms with E-state index in [-0.39, 0.29) is 22.9 Å². The maximum absolute atomic E-state index is 12.9. The van der Waals surface area contributed by atoms with Crippen LogP contribution in [0.4, 0.5) is 8.78 Å². The van der Waals surface area contributed by atoms with Gasteiger partial charge in [-0.15, -0.1) is 11.6 Å². The van der Waals surface area contributed by atoms with Gasteiger partial charge >= 0.3 is 5.97 Å². The van der Waals surface area contributed by atoms with E-state index >= 15 is 0 Å². The molecule has 0 fully saturated rings. The molecule has 0 aliphatic heterocycles. The van der Waals surface area contributed by atoms with Crippen LogP contribution in [0.5, 0.6) is 5.75 Å². The largest absolute Gasteiger partial charge is 0.494 e. The van der Waals surface area contributed by atoms with E-state index in [1.165, 1.54) is 7.11 Å². The van der Waals surface area contributed by atoms with Gasteiger partial charge in [-0.2, -0.15) is 0 Å². The number of aliphatic carboxylic acids is 1. The fourth-order valence-electron chi connectivity index (χ4n) is 1.43. The summed E-state index contributed by atoms with van der Waals surface area (Å²) < 4.78 is 30.5. The van der Waals surface area contributed by atoms with Gasteiger partial charge in [0.25, 0.3) is 6.43 Å². The van der Waals surface area contributed by atoms with Gasteiger partial charge in [0.2, 0.25) is 0 Å². The van der Waals surface area contributed by atoms with E-state index in [9.17, 15) is 13.6 Å². The van der Waals surface area contributed by atoms with Crippen LogP contribution in [0.1, 0.15) is 23.2 Å². The minimum Gasteiger partial charge on any atom is -0.494 e. The van der Waals surface area contributed by atoms with Crippen LogP contribution in [0.15, 0.2) is 6.20 Å². The van der Waals surface area contributed by atoms with Crippen molar-refractivity contribution in [1.82, 2.24) is 4.98 Å². The number of ether oxygens (including phenoxy) is 1. The molecule has 7 heteroatoms. The molecule has 4 nitrogen and oxygen atoms in total. The van der Waals surface area contributed by atoms with Crippen molar-refractivity contribution in [2.45, 2.75) is 18.7 Å². The van der Waals surface area contributed by atoms with E-state index in [1.807, 2.05) is 0 Å². The molecule has 1 rings (SSSR count). The van der Waals surface area contributed by atoms with Gasteiger partial charge in [-0.1, -0.05) is 0 Å². The lowest BCUT2D eigenvalue weighted by Gasteiger charge is -2.14. The molecule has 0 saturated carbocycles. The first kappa shape index (κ1) is 13.6. The van der Waals surface area contributed by atoms with Crippen molar-refractivity contribution in [1.29, 1.82) is 0 Å². The molecule has 0 radical (unpaired) electrons. The zero-order chi connectivity index (χ0) is 13.0. The van der Waals surface area contributed by atoms with Crippen LogP contribution in [-0.2, 0) is 17.1 Å². The topological polar surface area (TPSA) is 59.4 Å². The Morgan fingerprint density at radius 2 is 2.29 bits per heavy atom. The number of hydrogen-bond donors (Lipinski definition) is 1. The Hall–Kier alpha value is -1.43. The van der Waals surface area contributed by atoms with Crippen molar-refractivity contribution < 1.29 is 23.4 Å². The molecule has 17 heavy (non-hydrogen) atoms. The third kappa shape index (κ3) is 3.03. The van der Waals surface area contributed by atoms with E-state index in [4.69, 9.17) is 21.4 Å². The first-order valence-corrected chi connectivity index (χ1v) is 5.15. The molecule has 1 aromatic rings. The molecule has 0 unspecified atom stereocenters. The first-order chi connectivity index (χ1) is 8.01. The van der Waals surface area contributed by atoms with Crippen LogP contribution in [0, 0.1) is 0 Å². The summed E-state index contributed by atoms with van der Waals surface area (Å²) in [6.07, 6.45) is -2.13. The van der Waals surface area contributed by atoms with Crippen molar-refractivity contribution in [3.63, 3.8) is 0 Å². The fraction of sp³-hybridized carbons (Fsp3) is 0.400. The summed E-state index contributed by atoms with van der Waals surface area (Å²) in [6, 6.07) is 0. The number of methoxy groups -OCH3 is 1. The van der Waals surface area contributed by atoms with E-state index < -0.39 is 24.4 Å². The van der Waals surface area contributed by atoms with Gasteiger partial charge < -0.3 is 9.84 Å². The molecule has 0 aliphatic carbocycles. The first-order valence-electron chi connectivity index (χ1n) is 4.61. The number of aromatic nitrogens is 1. The number of carboxylic acids is 1. The SMILES string of the molecule is COc1c(CC(=O)O)ncc(CCl)c1C(F)F. The van der Waals surface area contributed by atoms with E-state index in [0.29, 0.717) is 0 Å². The monoisotopic (exact) mass is 265 g/mol. The Bertz CT molecular complexity index is 426. The van der Waals surface area contributed by atoms with E-state index in [0.717, 1.165) is 6.20 Å². The average Bonchev–Trinajstić information content (AvgIpc) is 2.27. The number of rotatable bonds is 5. The Labute approximate surface area is 101 Å². The van der Waals surface area contributed by atoms with Gasteiger partial charge in [0.15, 0.2) is 0 Å². The third-order valence-electron chi connectivity index (χ3n) is 2.11. The molecule has 0 bridgehead atoms. The molecule has 0 spiro atoms. The third-order valence-corrected chi connectivity index (χ3v) is 2.40. The lowest BCUT2D eigenvalue weighted by atomic mass is 10.1. The van der Waals surface area contributed by atoms with Crippen molar-refractivity contribution in [2.75, 3.05) is 7.11 Å². The second kappa shape index (κ2) is 5.77. The molecule has 0 amide bonds. The fourth-order valence-corrected chi connectivity index (χ4v) is 1.64. The van der Waals surface area contributed by atoms with Crippen LogP contribution in [-0.4, -0.2) is 23.2 Å². The van der Waals surface area contributed by atoms with Gasteiger partial charge in [0.05, 0.1) is 24.8 Å². The molecule has 1 N–H and O–H groups in total. The molecule has 0 atom stereocenters. The van der Waals surface area contributed by atoms with Gasteiger partial charge in [-0.05, 0) is 5.56 Å². The Kier molecular flexibility index (Phi) is 4.62. The Balaban J connectivity index is 3.35. The second-order valence-corrected chi connectivity index (χ2v) is 3.45. The van der Waals surface area contributed by atoms with Crippen molar-refractivity contribution >= 4 is 17.6 Å². The number of carboxylic acid groups (broad SMARTS) is 1. The molecule has 1 aromatic heterocycles. The zero-order valence-electron chi connectivity index (χ0n) is 8.91. The van der Waals surface area contributed by atoms with Gasteiger partial charge in [-0.25, -0.2) is 8.78 Å². The van der Waals surface area contributed by atoms with E-state index in [2.05, 4.69) is 4.98 Å². The van der Waals surface area contributed by atoms with Crippen LogP contribution < -0.4 is 4.74 Å². The summed E-state index contributed by atoms with van der Waals surface area (Å²) in [6.45, 7) is 0. The highest BCUT2D eigenvalue weighted by molar-refractivity contribution is 6.17. The second-order valence-electron chi connectivity index (χ2n) is 3.18. The molecular formula is C10H10ClF2NO3. The quantitative estimate of drug-likeness (QED) is 0.831. The minimum atomic E-state index is -2.80. The number of nitrogens with zero attached hydrogens (tertiary/aromatic N) is 1. The van der Waals surface area contributed by atoms with Crippen LogP contribution in [0.3, 0.4) is 0 Å². The highest BCUT2D eigenvalue weighted by atomic mass is 35.5. The van der Waals surface area contributed by atoms with Gasteiger partial charge in [0, 0.05) is 12.1 Å². The number of pyridine rings is 1. The molecule has 0 saturated heterocycles. The number of hydrogen-bond acceptors (Lipinski definition) is 3. The Morgan fingerprint density at radius 1 is 1.65 bits per heavy atom.